The first-order valence-electron chi connectivity index (χ1n) is 6.48. The Kier molecular flexibility index (Phi) is 5.28. The summed E-state index contributed by atoms with van der Waals surface area (Å²) in [5, 5.41) is 30.6. The summed E-state index contributed by atoms with van der Waals surface area (Å²) in [6, 6.07) is 5.24. The summed E-state index contributed by atoms with van der Waals surface area (Å²) in [5.74, 6) is -1.28. The number of nitro benzene ring substituents is 1. The summed E-state index contributed by atoms with van der Waals surface area (Å²) < 4.78 is 0. The van der Waals surface area contributed by atoms with Crippen molar-refractivity contribution in [3.05, 3.63) is 44.5 Å². The molecule has 1 rings (SSSR count). The van der Waals surface area contributed by atoms with Crippen molar-refractivity contribution >= 4 is 28.8 Å². The summed E-state index contributed by atoms with van der Waals surface area (Å²) in [7, 11) is 0. The van der Waals surface area contributed by atoms with Gasteiger partial charge in [0.25, 0.3) is 5.69 Å². The van der Waals surface area contributed by atoms with Crippen molar-refractivity contribution in [1.82, 2.24) is 0 Å². The highest BCUT2D eigenvalue weighted by Crippen LogP contribution is 2.32. The predicted molar refractivity (Wildman–Crippen MR) is 82.3 cm³/mol. The van der Waals surface area contributed by atoms with E-state index in [-0.39, 0.29) is 10.6 Å². The zero-order valence-electron chi connectivity index (χ0n) is 12.4. The third-order valence-electron chi connectivity index (χ3n) is 3.49. The first kappa shape index (κ1) is 17.7. The van der Waals surface area contributed by atoms with E-state index in [1.165, 1.54) is 12.1 Å². The second-order valence-electron chi connectivity index (χ2n) is 5.32. The quantitative estimate of drug-likeness (QED) is 0.289. The summed E-state index contributed by atoms with van der Waals surface area (Å²) >= 11 is 5.70. The normalized spacial score (nSPS) is 12.3. The van der Waals surface area contributed by atoms with Crippen molar-refractivity contribution in [2.24, 2.45) is 5.41 Å². The van der Waals surface area contributed by atoms with Crippen molar-refractivity contribution < 1.29 is 14.8 Å². The van der Waals surface area contributed by atoms with Crippen LogP contribution in [0.5, 0.6) is 0 Å². The number of hydrogen-bond donors (Lipinski definition) is 1. The molecule has 0 unspecified atom stereocenters. The van der Waals surface area contributed by atoms with Gasteiger partial charge in [-0.3, -0.25) is 14.9 Å². The van der Waals surface area contributed by atoms with E-state index in [0.717, 1.165) is 6.07 Å². The zero-order chi connectivity index (χ0) is 17.1. The van der Waals surface area contributed by atoms with Gasteiger partial charge in [0, 0.05) is 16.5 Å². The highest BCUT2D eigenvalue weighted by atomic mass is 35.5. The fraction of sp³-hybridized carbons (Fsp3) is 0.333. The van der Waals surface area contributed by atoms with Gasteiger partial charge >= 0.3 is 0 Å². The van der Waals surface area contributed by atoms with Gasteiger partial charge < -0.3 is 5.11 Å². The van der Waals surface area contributed by atoms with Crippen LogP contribution in [0, 0.1) is 26.9 Å². The first-order valence-corrected chi connectivity index (χ1v) is 6.86. The first-order chi connectivity index (χ1) is 10.2. The van der Waals surface area contributed by atoms with E-state index in [9.17, 15) is 25.3 Å². The fourth-order valence-corrected chi connectivity index (χ4v) is 1.87. The van der Waals surface area contributed by atoms with Crippen LogP contribution in [0.25, 0.3) is 5.76 Å². The maximum Gasteiger partial charge on any atom is 0.281 e. The second-order valence-corrected chi connectivity index (χ2v) is 5.76. The van der Waals surface area contributed by atoms with E-state index < -0.39 is 33.1 Å². The van der Waals surface area contributed by atoms with E-state index in [1.807, 2.05) is 0 Å². The number of nitriles is 1. The molecule has 0 spiro atoms. The standard InChI is InChI=1S/C15H15ClN2O4/c1-4-15(2,3)14(20)11(8-17)13(19)10-6-5-9(16)7-12(10)18(21)22/h5-7,19H,4H2,1-3H3. The molecule has 0 saturated heterocycles. The van der Waals surface area contributed by atoms with Gasteiger partial charge in [-0.15, -0.1) is 0 Å². The number of nitro groups is 1. The highest BCUT2D eigenvalue weighted by molar-refractivity contribution is 6.30. The minimum atomic E-state index is -0.861. The molecule has 1 aromatic rings. The van der Waals surface area contributed by atoms with E-state index in [1.54, 1.807) is 26.8 Å². The molecule has 1 aromatic carbocycles. The van der Waals surface area contributed by atoms with Crippen molar-refractivity contribution in [1.29, 1.82) is 5.26 Å². The molecule has 0 bridgehead atoms. The molecule has 1 N–H and O–H groups in total. The van der Waals surface area contributed by atoms with Gasteiger partial charge in [0.05, 0.1) is 10.5 Å². The van der Waals surface area contributed by atoms with Crippen LogP contribution in [0.4, 0.5) is 5.69 Å². The molecule has 0 atom stereocenters. The van der Waals surface area contributed by atoms with Crippen LogP contribution in [0.15, 0.2) is 23.8 Å². The van der Waals surface area contributed by atoms with Gasteiger partial charge in [-0.1, -0.05) is 32.4 Å². The molecule has 0 aliphatic rings. The number of Topliss-reactive ketones (excluding diaryl/α,β-unsaturated/α-hetero) is 1. The van der Waals surface area contributed by atoms with Crippen LogP contribution < -0.4 is 0 Å². The van der Waals surface area contributed by atoms with Crippen molar-refractivity contribution in [3.63, 3.8) is 0 Å². The molecule has 0 aliphatic carbocycles. The van der Waals surface area contributed by atoms with Crippen LogP contribution in [-0.2, 0) is 4.79 Å². The van der Waals surface area contributed by atoms with E-state index >= 15 is 0 Å². The van der Waals surface area contributed by atoms with Crippen molar-refractivity contribution in [3.8, 4) is 6.07 Å². The Hall–Kier alpha value is -2.39. The van der Waals surface area contributed by atoms with E-state index in [2.05, 4.69) is 0 Å². The van der Waals surface area contributed by atoms with Crippen LogP contribution in [0.2, 0.25) is 5.02 Å². The number of carbonyl (C=O) groups excluding carboxylic acids is 1. The molecule has 0 radical (unpaired) electrons. The monoisotopic (exact) mass is 322 g/mol. The SMILES string of the molecule is CCC(C)(C)C(=O)C(C#N)=C(O)c1ccc(Cl)cc1[N+](=O)[O-]. The lowest BCUT2D eigenvalue weighted by molar-refractivity contribution is -0.385. The Balaban J connectivity index is 3.57. The Morgan fingerprint density at radius 3 is 2.55 bits per heavy atom. The van der Waals surface area contributed by atoms with Crippen LogP contribution in [-0.4, -0.2) is 15.8 Å². The number of allylic oxidation sites excluding steroid dienone is 1. The third-order valence-corrected chi connectivity index (χ3v) is 3.72. The molecule has 0 aliphatic heterocycles. The maximum atomic E-state index is 12.4. The summed E-state index contributed by atoms with van der Waals surface area (Å²) in [6.45, 7) is 5.04. The topological polar surface area (TPSA) is 104 Å². The minimum Gasteiger partial charge on any atom is -0.506 e. The number of carbonyl (C=O) groups is 1. The summed E-state index contributed by atoms with van der Waals surface area (Å²) in [5.41, 5.74) is -2.05. The van der Waals surface area contributed by atoms with Crippen LogP contribution in [0.3, 0.4) is 0 Å². The largest absolute Gasteiger partial charge is 0.506 e. The number of rotatable bonds is 5. The number of halogens is 1. The fourth-order valence-electron chi connectivity index (χ4n) is 1.70. The number of benzene rings is 1. The Morgan fingerprint density at radius 1 is 1.50 bits per heavy atom. The lowest BCUT2D eigenvalue weighted by Crippen LogP contribution is -2.25. The third kappa shape index (κ3) is 3.43. The molecule has 7 heteroatoms. The number of hydrogen-bond acceptors (Lipinski definition) is 5. The minimum absolute atomic E-state index is 0.113. The number of aliphatic hydroxyl groups is 1. The van der Waals surface area contributed by atoms with E-state index in [0.29, 0.717) is 6.42 Å². The molecule has 0 fully saturated rings. The molecule has 116 valence electrons. The second kappa shape index (κ2) is 6.58. The highest BCUT2D eigenvalue weighted by Gasteiger charge is 2.32. The Morgan fingerprint density at radius 2 is 2.09 bits per heavy atom. The van der Waals surface area contributed by atoms with Gasteiger partial charge in [-0.2, -0.15) is 5.26 Å². The number of ketones is 1. The molecule has 0 amide bonds. The molecule has 6 nitrogen and oxygen atoms in total. The van der Waals surface area contributed by atoms with Gasteiger partial charge in [0.15, 0.2) is 11.5 Å². The van der Waals surface area contributed by atoms with Crippen LogP contribution in [0.1, 0.15) is 32.8 Å². The Labute approximate surface area is 132 Å². The van der Waals surface area contributed by atoms with Gasteiger partial charge in [0.2, 0.25) is 0 Å². The number of aliphatic hydroxyl groups excluding tert-OH is 1. The van der Waals surface area contributed by atoms with Crippen molar-refractivity contribution in [2.45, 2.75) is 27.2 Å². The smallest absolute Gasteiger partial charge is 0.281 e. The summed E-state index contributed by atoms with van der Waals surface area (Å²) in [6.07, 6.45) is 0.451. The summed E-state index contributed by atoms with van der Waals surface area (Å²) in [4.78, 5) is 22.7. The molecular weight excluding hydrogens is 308 g/mol. The van der Waals surface area contributed by atoms with Gasteiger partial charge in [-0.05, 0) is 18.6 Å². The zero-order valence-corrected chi connectivity index (χ0v) is 13.1. The average molecular weight is 323 g/mol. The number of nitrogens with zero attached hydrogens (tertiary/aromatic N) is 2. The Bertz CT molecular complexity index is 702. The lowest BCUT2D eigenvalue weighted by Gasteiger charge is -2.20. The average Bonchev–Trinajstić information content (AvgIpc) is 2.47. The molecule has 22 heavy (non-hydrogen) atoms. The molecule has 0 heterocycles. The molecule has 0 saturated carbocycles. The lowest BCUT2D eigenvalue weighted by atomic mass is 9.81. The maximum absolute atomic E-state index is 12.4. The van der Waals surface area contributed by atoms with Crippen molar-refractivity contribution in [2.75, 3.05) is 0 Å². The van der Waals surface area contributed by atoms with Gasteiger partial charge in [-0.25, -0.2) is 0 Å². The molecular formula is C15H15ClN2O4. The predicted octanol–water partition coefficient (Wildman–Crippen LogP) is 4.05. The van der Waals surface area contributed by atoms with Gasteiger partial charge in [0.1, 0.15) is 11.6 Å². The van der Waals surface area contributed by atoms with E-state index in [4.69, 9.17) is 11.6 Å². The molecule has 0 aromatic heterocycles. The van der Waals surface area contributed by atoms with Crippen LogP contribution >= 0.6 is 11.6 Å².